The van der Waals surface area contributed by atoms with Gasteiger partial charge in [0, 0.05) is 12.3 Å². The third-order valence-electron chi connectivity index (χ3n) is 3.95. The van der Waals surface area contributed by atoms with E-state index in [9.17, 15) is 14.5 Å². The molecule has 2 amide bonds. The number of carbonyl (C=O) groups excluding carboxylic acids is 2. The van der Waals surface area contributed by atoms with Crippen molar-refractivity contribution in [1.82, 2.24) is 10.3 Å². The molecule has 0 heterocycles. The topological polar surface area (TPSA) is 78.8 Å². The van der Waals surface area contributed by atoms with Crippen LogP contribution < -0.4 is 5.32 Å². The quantitative estimate of drug-likeness (QED) is 0.585. The summed E-state index contributed by atoms with van der Waals surface area (Å²) in [6, 6.07) is 17.6. The van der Waals surface area contributed by atoms with Crippen LogP contribution in [0.1, 0.15) is 25.0 Å². The maximum absolute atomic E-state index is 12.9. The molecule has 0 aliphatic carbocycles. The Kier molecular flexibility index (Phi) is 7.02. The maximum atomic E-state index is 12.9. The van der Waals surface area contributed by atoms with Crippen molar-refractivity contribution < 1.29 is 9.59 Å². The molecule has 0 aliphatic heterocycles. The fourth-order valence-corrected chi connectivity index (χ4v) is 2.47. The zero-order chi connectivity index (χ0) is 18.9. The average molecular weight is 353 g/mol. The smallest absolute Gasteiger partial charge is 0.268 e. The predicted octanol–water partition coefficient (Wildman–Crippen LogP) is 3.08. The fourth-order valence-electron chi connectivity index (χ4n) is 2.47. The standard InChI is InChI=1S/C20H23N3O3/c1-15(2)19(24)21-18(13-16-9-5-3-6-10-16)20(25)23(22-26)14-17-11-7-4-8-12-17/h3-12,15,18H,13-14H2,1-2H3,(H,21,24)/t18-/m1/s1. The molecule has 0 aromatic heterocycles. The van der Waals surface area contributed by atoms with E-state index in [4.69, 9.17) is 0 Å². The summed E-state index contributed by atoms with van der Waals surface area (Å²) in [5, 5.41) is 6.48. The molecule has 0 saturated heterocycles. The third-order valence-corrected chi connectivity index (χ3v) is 3.95. The SMILES string of the molecule is CC(C)C(=O)N[C@H](Cc1ccccc1)C(=O)N(Cc1ccccc1)N=O. The number of benzene rings is 2. The Balaban J connectivity index is 2.19. The molecule has 0 unspecified atom stereocenters. The Bertz CT molecular complexity index is 732. The first-order chi connectivity index (χ1) is 12.5. The van der Waals surface area contributed by atoms with E-state index in [2.05, 4.69) is 10.6 Å². The van der Waals surface area contributed by atoms with Crippen molar-refractivity contribution >= 4 is 11.8 Å². The molecule has 0 spiro atoms. The van der Waals surface area contributed by atoms with Crippen LogP contribution in [0.15, 0.2) is 65.9 Å². The van der Waals surface area contributed by atoms with Gasteiger partial charge in [0.1, 0.15) is 6.04 Å². The molecule has 0 saturated carbocycles. The van der Waals surface area contributed by atoms with Gasteiger partial charge >= 0.3 is 0 Å². The van der Waals surface area contributed by atoms with Gasteiger partial charge in [0.05, 0.1) is 11.8 Å². The highest BCUT2D eigenvalue weighted by Crippen LogP contribution is 2.11. The third kappa shape index (κ3) is 5.51. The molecule has 0 bridgehead atoms. The predicted molar refractivity (Wildman–Crippen MR) is 99.7 cm³/mol. The summed E-state index contributed by atoms with van der Waals surface area (Å²) in [6.07, 6.45) is 0.291. The molecule has 2 rings (SSSR count). The number of nitrogens with one attached hydrogen (secondary N) is 1. The van der Waals surface area contributed by atoms with E-state index in [0.717, 1.165) is 16.1 Å². The molecule has 1 N–H and O–H groups in total. The summed E-state index contributed by atoms with van der Waals surface area (Å²) in [6.45, 7) is 3.56. The number of carbonyl (C=O) groups is 2. The number of hydrogen-bond donors (Lipinski definition) is 1. The summed E-state index contributed by atoms with van der Waals surface area (Å²) in [4.78, 5) is 36.3. The van der Waals surface area contributed by atoms with Crippen molar-refractivity contribution in [2.45, 2.75) is 32.9 Å². The lowest BCUT2D eigenvalue weighted by Gasteiger charge is -2.23. The van der Waals surface area contributed by atoms with E-state index in [-0.39, 0.29) is 18.4 Å². The minimum atomic E-state index is -0.853. The summed E-state index contributed by atoms with van der Waals surface area (Å²) >= 11 is 0. The number of rotatable bonds is 8. The van der Waals surface area contributed by atoms with Gasteiger partial charge in [-0.25, -0.2) is 0 Å². The second-order valence-electron chi connectivity index (χ2n) is 6.37. The number of amides is 2. The second-order valence-corrected chi connectivity index (χ2v) is 6.37. The first-order valence-corrected chi connectivity index (χ1v) is 8.54. The highest BCUT2D eigenvalue weighted by molar-refractivity contribution is 5.88. The van der Waals surface area contributed by atoms with Gasteiger partial charge in [0.2, 0.25) is 5.91 Å². The van der Waals surface area contributed by atoms with E-state index in [1.54, 1.807) is 13.8 Å². The van der Waals surface area contributed by atoms with Gasteiger partial charge in [-0.3, -0.25) is 9.59 Å². The first kappa shape index (κ1) is 19.3. The van der Waals surface area contributed by atoms with Crippen molar-refractivity contribution in [1.29, 1.82) is 0 Å². The Morgan fingerprint density at radius 1 is 0.962 bits per heavy atom. The van der Waals surface area contributed by atoms with Gasteiger partial charge in [-0.2, -0.15) is 5.01 Å². The molecule has 1 atom stereocenters. The first-order valence-electron chi connectivity index (χ1n) is 8.54. The van der Waals surface area contributed by atoms with Crippen molar-refractivity contribution in [3.8, 4) is 0 Å². The molecular weight excluding hydrogens is 330 g/mol. The van der Waals surface area contributed by atoms with Gasteiger partial charge in [-0.15, -0.1) is 4.91 Å². The lowest BCUT2D eigenvalue weighted by molar-refractivity contribution is -0.137. The molecule has 0 fully saturated rings. The fraction of sp³-hybridized carbons (Fsp3) is 0.300. The van der Waals surface area contributed by atoms with E-state index in [1.807, 2.05) is 60.7 Å². The van der Waals surface area contributed by atoms with Crippen LogP contribution in [-0.4, -0.2) is 22.9 Å². The van der Waals surface area contributed by atoms with Crippen LogP contribution in [0.3, 0.4) is 0 Å². The maximum Gasteiger partial charge on any atom is 0.268 e. The highest BCUT2D eigenvalue weighted by atomic mass is 16.3. The summed E-state index contributed by atoms with van der Waals surface area (Å²) in [5.41, 5.74) is 1.68. The highest BCUT2D eigenvalue weighted by Gasteiger charge is 2.28. The molecule has 6 nitrogen and oxygen atoms in total. The minimum Gasteiger partial charge on any atom is -0.344 e. The van der Waals surface area contributed by atoms with Crippen LogP contribution in [0.4, 0.5) is 0 Å². The number of nitroso groups, excluding NO2 is 1. The monoisotopic (exact) mass is 353 g/mol. The van der Waals surface area contributed by atoms with Crippen LogP contribution in [-0.2, 0) is 22.6 Å². The largest absolute Gasteiger partial charge is 0.344 e. The van der Waals surface area contributed by atoms with E-state index in [1.165, 1.54) is 0 Å². The van der Waals surface area contributed by atoms with Gasteiger partial charge < -0.3 is 5.32 Å². The van der Waals surface area contributed by atoms with Crippen LogP contribution in [0.2, 0.25) is 0 Å². The lowest BCUT2D eigenvalue weighted by Crippen LogP contribution is -2.49. The zero-order valence-corrected chi connectivity index (χ0v) is 15.0. The molecule has 2 aromatic rings. The zero-order valence-electron chi connectivity index (χ0n) is 15.0. The number of nitrogens with zero attached hydrogens (tertiary/aromatic N) is 2. The van der Waals surface area contributed by atoms with Crippen molar-refractivity contribution in [3.05, 3.63) is 76.7 Å². The summed E-state index contributed by atoms with van der Waals surface area (Å²) in [5.74, 6) is -1.04. The molecule has 2 aromatic carbocycles. The normalized spacial score (nSPS) is 11.7. The summed E-state index contributed by atoms with van der Waals surface area (Å²) < 4.78 is 0. The molecule has 0 aliphatic rings. The minimum absolute atomic E-state index is 0.0615. The van der Waals surface area contributed by atoms with Crippen molar-refractivity contribution in [3.63, 3.8) is 0 Å². The van der Waals surface area contributed by atoms with E-state index < -0.39 is 11.9 Å². The molecular formula is C20H23N3O3. The van der Waals surface area contributed by atoms with Crippen LogP contribution in [0.5, 0.6) is 0 Å². The van der Waals surface area contributed by atoms with Crippen LogP contribution >= 0.6 is 0 Å². The Hall–Kier alpha value is -3.02. The van der Waals surface area contributed by atoms with Gasteiger partial charge in [0.15, 0.2) is 0 Å². The van der Waals surface area contributed by atoms with E-state index in [0.29, 0.717) is 6.42 Å². The Morgan fingerprint density at radius 2 is 1.50 bits per heavy atom. The van der Waals surface area contributed by atoms with Crippen molar-refractivity contribution in [2.75, 3.05) is 0 Å². The Morgan fingerprint density at radius 3 is 2.00 bits per heavy atom. The van der Waals surface area contributed by atoms with Crippen molar-refractivity contribution in [2.24, 2.45) is 11.2 Å². The molecule has 6 heteroatoms. The summed E-state index contributed by atoms with van der Waals surface area (Å²) in [7, 11) is 0. The number of hydrogen-bond acceptors (Lipinski definition) is 4. The van der Waals surface area contributed by atoms with E-state index >= 15 is 0 Å². The molecule has 26 heavy (non-hydrogen) atoms. The van der Waals surface area contributed by atoms with Crippen LogP contribution in [0, 0.1) is 10.8 Å². The second kappa shape index (κ2) is 9.46. The van der Waals surface area contributed by atoms with Gasteiger partial charge in [0.25, 0.3) is 5.91 Å². The van der Waals surface area contributed by atoms with Crippen LogP contribution in [0.25, 0.3) is 0 Å². The Labute approximate surface area is 153 Å². The van der Waals surface area contributed by atoms with Gasteiger partial charge in [-0.05, 0) is 11.1 Å². The van der Waals surface area contributed by atoms with Gasteiger partial charge in [-0.1, -0.05) is 74.5 Å². The lowest BCUT2D eigenvalue weighted by atomic mass is 10.0. The molecule has 136 valence electrons. The molecule has 0 radical (unpaired) electrons. The average Bonchev–Trinajstić information content (AvgIpc) is 2.66.